The van der Waals surface area contributed by atoms with Gasteiger partial charge in [0, 0.05) is 18.4 Å². The lowest BCUT2D eigenvalue weighted by Crippen LogP contribution is -2.26. The average Bonchev–Trinajstić information content (AvgIpc) is 2.93. The summed E-state index contributed by atoms with van der Waals surface area (Å²) in [6, 6.07) is 6.28. The number of nitrogens with one attached hydrogen (secondary N) is 3. The molecule has 0 saturated carbocycles. The van der Waals surface area contributed by atoms with E-state index in [1.165, 1.54) is 16.5 Å². The number of aliphatic imine (C=N–C) groups is 1. The third kappa shape index (κ3) is 1.43. The smallest absolute Gasteiger partial charge is 0.195 e. The zero-order valence-corrected chi connectivity index (χ0v) is 9.17. The van der Waals surface area contributed by atoms with Crippen molar-refractivity contribution < 1.29 is 0 Å². The van der Waals surface area contributed by atoms with E-state index in [0.717, 1.165) is 24.7 Å². The Bertz CT molecular complexity index is 553. The van der Waals surface area contributed by atoms with Crippen LogP contribution in [0, 0.1) is 6.92 Å². The van der Waals surface area contributed by atoms with Crippen LogP contribution in [0.3, 0.4) is 0 Å². The SMILES string of the molecule is Cc1c(NC2=NCCN2)ccc2cc[nH]c12. The van der Waals surface area contributed by atoms with Crippen LogP contribution >= 0.6 is 0 Å². The molecule has 0 aliphatic carbocycles. The maximum absolute atomic E-state index is 4.32. The Labute approximate surface area is 93.8 Å². The molecular formula is C12H14N4. The van der Waals surface area contributed by atoms with E-state index >= 15 is 0 Å². The van der Waals surface area contributed by atoms with Crippen LogP contribution in [0.25, 0.3) is 10.9 Å². The maximum Gasteiger partial charge on any atom is 0.195 e. The van der Waals surface area contributed by atoms with Crippen LogP contribution in [0.1, 0.15) is 5.56 Å². The quantitative estimate of drug-likeness (QED) is 0.678. The van der Waals surface area contributed by atoms with Gasteiger partial charge < -0.3 is 15.6 Å². The highest BCUT2D eigenvalue weighted by Gasteiger charge is 2.08. The molecule has 0 saturated heterocycles. The van der Waals surface area contributed by atoms with Gasteiger partial charge in [0.25, 0.3) is 0 Å². The molecule has 1 aliphatic rings. The lowest BCUT2D eigenvalue weighted by atomic mass is 10.1. The summed E-state index contributed by atoms with van der Waals surface area (Å²) < 4.78 is 0. The molecule has 3 rings (SSSR count). The lowest BCUT2D eigenvalue weighted by Gasteiger charge is -2.10. The minimum atomic E-state index is 0.853. The molecule has 1 aromatic carbocycles. The molecule has 0 bridgehead atoms. The van der Waals surface area contributed by atoms with Gasteiger partial charge in [0.1, 0.15) is 0 Å². The fourth-order valence-electron chi connectivity index (χ4n) is 2.02. The normalized spacial score (nSPS) is 14.9. The van der Waals surface area contributed by atoms with Crippen LogP contribution in [-0.2, 0) is 0 Å². The fourth-order valence-corrected chi connectivity index (χ4v) is 2.02. The molecule has 1 aliphatic heterocycles. The summed E-state index contributed by atoms with van der Waals surface area (Å²) in [5.74, 6) is 0.869. The van der Waals surface area contributed by atoms with E-state index in [1.807, 2.05) is 6.20 Å². The number of aryl methyl sites for hydroxylation is 1. The molecule has 4 nitrogen and oxygen atoms in total. The summed E-state index contributed by atoms with van der Waals surface area (Å²) in [6.07, 6.45) is 1.97. The van der Waals surface area contributed by atoms with Gasteiger partial charge in [-0.15, -0.1) is 0 Å². The van der Waals surface area contributed by atoms with Crippen LogP contribution in [-0.4, -0.2) is 24.0 Å². The second-order valence-electron chi connectivity index (χ2n) is 3.96. The van der Waals surface area contributed by atoms with Gasteiger partial charge >= 0.3 is 0 Å². The zero-order chi connectivity index (χ0) is 11.0. The molecule has 2 heterocycles. The Morgan fingerprint density at radius 2 is 2.25 bits per heavy atom. The molecule has 0 unspecified atom stereocenters. The monoisotopic (exact) mass is 214 g/mol. The molecule has 0 atom stereocenters. The van der Waals surface area contributed by atoms with Crippen molar-refractivity contribution in [3.63, 3.8) is 0 Å². The van der Waals surface area contributed by atoms with Crippen molar-refractivity contribution in [2.24, 2.45) is 4.99 Å². The van der Waals surface area contributed by atoms with Crippen molar-refractivity contribution in [3.8, 4) is 0 Å². The summed E-state index contributed by atoms with van der Waals surface area (Å²) in [5, 5.41) is 7.75. The molecule has 0 amide bonds. The summed E-state index contributed by atoms with van der Waals surface area (Å²) >= 11 is 0. The van der Waals surface area contributed by atoms with E-state index in [4.69, 9.17) is 0 Å². The van der Waals surface area contributed by atoms with Gasteiger partial charge in [-0.2, -0.15) is 0 Å². The maximum atomic E-state index is 4.32. The standard InChI is InChI=1S/C12H14N4/c1-8-10(16-12-14-6-7-15-12)3-2-9-4-5-13-11(8)9/h2-5,13H,6-7H2,1H3,(H2,14,15,16). The van der Waals surface area contributed by atoms with E-state index in [9.17, 15) is 0 Å². The number of rotatable bonds is 1. The van der Waals surface area contributed by atoms with Crippen LogP contribution in [0.15, 0.2) is 29.4 Å². The van der Waals surface area contributed by atoms with Crippen LogP contribution in [0.5, 0.6) is 0 Å². The van der Waals surface area contributed by atoms with Crippen LogP contribution < -0.4 is 10.6 Å². The molecule has 2 aromatic rings. The van der Waals surface area contributed by atoms with Crippen molar-refractivity contribution in [3.05, 3.63) is 30.0 Å². The zero-order valence-electron chi connectivity index (χ0n) is 9.17. The minimum Gasteiger partial charge on any atom is -0.361 e. The number of aromatic amines is 1. The Kier molecular flexibility index (Phi) is 2.06. The highest BCUT2D eigenvalue weighted by molar-refractivity contribution is 5.98. The first-order valence-electron chi connectivity index (χ1n) is 5.46. The molecule has 1 aromatic heterocycles. The molecule has 3 N–H and O–H groups in total. The second kappa shape index (κ2) is 3.56. The number of anilines is 1. The van der Waals surface area contributed by atoms with Crippen molar-refractivity contribution >= 4 is 22.5 Å². The number of hydrogen-bond donors (Lipinski definition) is 3. The summed E-state index contributed by atoms with van der Waals surface area (Å²) in [5.41, 5.74) is 3.51. The third-order valence-corrected chi connectivity index (χ3v) is 2.92. The van der Waals surface area contributed by atoms with Crippen LogP contribution in [0.4, 0.5) is 5.69 Å². The molecular weight excluding hydrogens is 200 g/mol. The lowest BCUT2D eigenvalue weighted by molar-refractivity contribution is 0.959. The Morgan fingerprint density at radius 1 is 1.31 bits per heavy atom. The Hall–Kier alpha value is -1.97. The second-order valence-corrected chi connectivity index (χ2v) is 3.96. The highest BCUT2D eigenvalue weighted by atomic mass is 15.2. The van der Waals surface area contributed by atoms with Crippen molar-refractivity contribution in [2.45, 2.75) is 6.92 Å². The third-order valence-electron chi connectivity index (χ3n) is 2.92. The molecule has 82 valence electrons. The topological polar surface area (TPSA) is 52.2 Å². The van der Waals surface area contributed by atoms with Gasteiger partial charge in [0.15, 0.2) is 5.96 Å². The molecule has 0 fully saturated rings. The van der Waals surface area contributed by atoms with E-state index < -0.39 is 0 Å². The molecule has 0 radical (unpaired) electrons. The average molecular weight is 214 g/mol. The number of fused-ring (bicyclic) bond motifs is 1. The predicted molar refractivity (Wildman–Crippen MR) is 67.0 cm³/mol. The van der Waals surface area contributed by atoms with Gasteiger partial charge in [-0.25, -0.2) is 0 Å². The Balaban J connectivity index is 1.99. The number of nitrogens with zero attached hydrogens (tertiary/aromatic N) is 1. The first-order chi connectivity index (χ1) is 7.84. The van der Waals surface area contributed by atoms with Gasteiger partial charge in [0.05, 0.1) is 12.1 Å². The summed E-state index contributed by atoms with van der Waals surface area (Å²) in [6.45, 7) is 3.88. The predicted octanol–water partition coefficient (Wildman–Crippen LogP) is 1.85. The largest absolute Gasteiger partial charge is 0.361 e. The molecule has 16 heavy (non-hydrogen) atoms. The van der Waals surface area contributed by atoms with E-state index in [-0.39, 0.29) is 0 Å². The number of benzene rings is 1. The van der Waals surface area contributed by atoms with Gasteiger partial charge in [-0.1, -0.05) is 6.07 Å². The summed E-state index contributed by atoms with van der Waals surface area (Å²) in [7, 11) is 0. The summed E-state index contributed by atoms with van der Waals surface area (Å²) in [4.78, 5) is 7.58. The van der Waals surface area contributed by atoms with Crippen LogP contribution in [0.2, 0.25) is 0 Å². The first kappa shape index (κ1) is 9.27. The number of H-pyrrole nitrogens is 1. The van der Waals surface area contributed by atoms with E-state index in [1.54, 1.807) is 0 Å². The number of hydrogen-bond acceptors (Lipinski definition) is 3. The fraction of sp³-hybridized carbons (Fsp3) is 0.250. The van der Waals surface area contributed by atoms with E-state index in [2.05, 4.69) is 45.7 Å². The number of aromatic nitrogens is 1. The van der Waals surface area contributed by atoms with Crippen molar-refractivity contribution in [2.75, 3.05) is 18.4 Å². The van der Waals surface area contributed by atoms with Crippen molar-refractivity contribution in [1.82, 2.24) is 10.3 Å². The highest BCUT2D eigenvalue weighted by Crippen LogP contribution is 2.24. The van der Waals surface area contributed by atoms with E-state index in [0.29, 0.717) is 0 Å². The first-order valence-corrected chi connectivity index (χ1v) is 5.46. The Morgan fingerprint density at radius 3 is 3.06 bits per heavy atom. The number of guanidine groups is 1. The molecule has 4 heteroatoms. The molecule has 0 spiro atoms. The van der Waals surface area contributed by atoms with Gasteiger partial charge in [-0.05, 0) is 30.0 Å². The van der Waals surface area contributed by atoms with Gasteiger partial charge in [0.2, 0.25) is 0 Å². The van der Waals surface area contributed by atoms with Gasteiger partial charge in [-0.3, -0.25) is 4.99 Å². The van der Waals surface area contributed by atoms with Crippen molar-refractivity contribution in [1.29, 1.82) is 0 Å². The minimum absolute atomic E-state index is 0.853.